The molecule has 6 heteroatoms. The van der Waals surface area contributed by atoms with E-state index in [9.17, 15) is 14.7 Å². The number of carboxylic acids is 1. The van der Waals surface area contributed by atoms with E-state index in [-0.39, 0.29) is 12.3 Å². The topological polar surface area (TPSA) is 60.9 Å². The number of hydrogen-bond donors (Lipinski definition) is 1. The van der Waals surface area contributed by atoms with Gasteiger partial charge in [-0.1, -0.05) is 36.4 Å². The van der Waals surface area contributed by atoms with Crippen molar-refractivity contribution in [2.24, 2.45) is 0 Å². The van der Waals surface area contributed by atoms with Crippen LogP contribution in [0.2, 0.25) is 0 Å². The maximum atomic E-state index is 12.8. The summed E-state index contributed by atoms with van der Waals surface area (Å²) >= 11 is 1.63. The van der Waals surface area contributed by atoms with Crippen LogP contribution in [0.1, 0.15) is 16.9 Å². The van der Waals surface area contributed by atoms with E-state index in [0.29, 0.717) is 26.2 Å². The Hall–Kier alpha value is -2.18. The smallest absolute Gasteiger partial charge is 0.305 e. The van der Waals surface area contributed by atoms with Crippen molar-refractivity contribution in [3.8, 4) is 0 Å². The van der Waals surface area contributed by atoms with Gasteiger partial charge in [-0.3, -0.25) is 14.5 Å². The van der Waals surface area contributed by atoms with Crippen LogP contribution in [0.15, 0.2) is 47.8 Å². The van der Waals surface area contributed by atoms with Gasteiger partial charge in [-0.15, -0.1) is 11.3 Å². The molecular formula is C18H20N2O3S. The fraction of sp³-hybridized carbons (Fsp3) is 0.333. The van der Waals surface area contributed by atoms with Crippen molar-refractivity contribution in [2.75, 3.05) is 13.1 Å². The second-order valence-electron chi connectivity index (χ2n) is 5.91. The van der Waals surface area contributed by atoms with Gasteiger partial charge in [0.05, 0.1) is 6.42 Å². The Morgan fingerprint density at radius 1 is 1.12 bits per heavy atom. The molecule has 1 aliphatic heterocycles. The minimum absolute atomic E-state index is 0.0935. The highest BCUT2D eigenvalue weighted by molar-refractivity contribution is 7.09. The summed E-state index contributed by atoms with van der Waals surface area (Å²) in [5, 5.41) is 11.2. The molecule has 3 rings (SSSR count). The van der Waals surface area contributed by atoms with Crippen molar-refractivity contribution in [1.29, 1.82) is 0 Å². The van der Waals surface area contributed by atoms with E-state index >= 15 is 0 Å². The van der Waals surface area contributed by atoms with Gasteiger partial charge in [0.1, 0.15) is 6.04 Å². The molecule has 0 saturated carbocycles. The predicted molar refractivity (Wildman–Crippen MR) is 92.6 cm³/mol. The molecule has 5 nitrogen and oxygen atoms in total. The summed E-state index contributed by atoms with van der Waals surface area (Å²) in [5.74, 6) is -1.03. The molecule has 1 amide bonds. The highest BCUT2D eigenvalue weighted by atomic mass is 32.1. The molecule has 24 heavy (non-hydrogen) atoms. The number of aliphatic carboxylic acids is 1. The van der Waals surface area contributed by atoms with Crippen molar-refractivity contribution in [3.63, 3.8) is 0 Å². The molecule has 0 spiro atoms. The Kier molecular flexibility index (Phi) is 5.27. The third-order valence-electron chi connectivity index (χ3n) is 4.22. The Morgan fingerprint density at radius 3 is 2.58 bits per heavy atom. The fourth-order valence-corrected chi connectivity index (χ4v) is 3.75. The number of hydrogen-bond acceptors (Lipinski definition) is 4. The zero-order valence-corrected chi connectivity index (χ0v) is 14.1. The van der Waals surface area contributed by atoms with Crippen LogP contribution in [0.25, 0.3) is 0 Å². The van der Waals surface area contributed by atoms with Crippen LogP contribution in [0.3, 0.4) is 0 Å². The van der Waals surface area contributed by atoms with E-state index in [2.05, 4.69) is 0 Å². The lowest BCUT2D eigenvalue weighted by Gasteiger charge is -2.40. The van der Waals surface area contributed by atoms with Crippen LogP contribution >= 0.6 is 11.3 Å². The summed E-state index contributed by atoms with van der Waals surface area (Å²) in [4.78, 5) is 29.0. The molecule has 126 valence electrons. The van der Waals surface area contributed by atoms with Crippen molar-refractivity contribution in [1.82, 2.24) is 9.80 Å². The van der Waals surface area contributed by atoms with Gasteiger partial charge < -0.3 is 10.0 Å². The first kappa shape index (κ1) is 16.7. The summed E-state index contributed by atoms with van der Waals surface area (Å²) < 4.78 is 0. The van der Waals surface area contributed by atoms with Gasteiger partial charge in [-0.05, 0) is 17.0 Å². The van der Waals surface area contributed by atoms with E-state index in [1.165, 1.54) is 0 Å². The largest absolute Gasteiger partial charge is 0.481 e. The van der Waals surface area contributed by atoms with Crippen LogP contribution in [-0.4, -0.2) is 45.9 Å². The Bertz CT molecular complexity index is 688. The average molecular weight is 344 g/mol. The molecule has 1 aliphatic rings. The molecule has 1 aromatic carbocycles. The normalized spacial score (nSPS) is 18.8. The van der Waals surface area contributed by atoms with Crippen LogP contribution in [0, 0.1) is 0 Å². The molecule has 1 aromatic heterocycles. The molecule has 1 atom stereocenters. The van der Waals surface area contributed by atoms with Gasteiger partial charge in [-0.2, -0.15) is 0 Å². The Labute approximate surface area is 145 Å². The Morgan fingerprint density at radius 2 is 1.92 bits per heavy atom. The first-order valence-corrected chi connectivity index (χ1v) is 8.82. The van der Waals surface area contributed by atoms with Gasteiger partial charge >= 0.3 is 5.97 Å². The van der Waals surface area contributed by atoms with Crippen molar-refractivity contribution in [3.05, 3.63) is 58.3 Å². The number of amides is 1. The van der Waals surface area contributed by atoms with Crippen LogP contribution in [0.4, 0.5) is 0 Å². The third-order valence-corrected chi connectivity index (χ3v) is 5.08. The van der Waals surface area contributed by atoms with Gasteiger partial charge in [-0.25, -0.2) is 0 Å². The summed E-state index contributed by atoms with van der Waals surface area (Å²) in [5.41, 5.74) is 1.06. The summed E-state index contributed by atoms with van der Waals surface area (Å²) in [6.07, 6.45) is -0.157. The lowest BCUT2D eigenvalue weighted by Crippen LogP contribution is -2.56. The maximum absolute atomic E-state index is 12.8. The van der Waals surface area contributed by atoms with E-state index in [1.807, 2.05) is 52.7 Å². The number of rotatable bonds is 6. The predicted octanol–water partition coefficient (Wildman–Crippen LogP) is 2.44. The molecule has 0 bridgehead atoms. The molecule has 1 fully saturated rings. The second-order valence-corrected chi connectivity index (χ2v) is 6.94. The van der Waals surface area contributed by atoms with Gasteiger partial charge in [0.15, 0.2) is 0 Å². The number of benzene rings is 1. The first-order valence-electron chi connectivity index (χ1n) is 7.94. The second kappa shape index (κ2) is 7.59. The average Bonchev–Trinajstić information content (AvgIpc) is 3.07. The van der Waals surface area contributed by atoms with E-state index < -0.39 is 12.0 Å². The number of nitrogens with zero attached hydrogens (tertiary/aromatic N) is 2. The van der Waals surface area contributed by atoms with Gasteiger partial charge in [0, 0.05) is 31.1 Å². The fourth-order valence-electron chi connectivity index (χ4n) is 3.02. The summed E-state index contributed by atoms with van der Waals surface area (Å²) in [7, 11) is 0. The quantitative estimate of drug-likeness (QED) is 0.874. The SMILES string of the molecule is O=C(O)CC1C(=O)N(Cc2ccccc2)CCN1Cc1cccs1. The molecule has 0 aliphatic carbocycles. The first-order chi connectivity index (χ1) is 11.6. The molecule has 1 saturated heterocycles. The minimum Gasteiger partial charge on any atom is -0.481 e. The lowest BCUT2D eigenvalue weighted by atomic mass is 10.1. The van der Waals surface area contributed by atoms with Gasteiger partial charge in [0.25, 0.3) is 0 Å². The lowest BCUT2D eigenvalue weighted by molar-refractivity contribution is -0.150. The van der Waals surface area contributed by atoms with E-state index in [0.717, 1.165) is 10.4 Å². The number of carbonyl (C=O) groups excluding carboxylic acids is 1. The summed E-state index contributed by atoms with van der Waals surface area (Å²) in [6, 6.07) is 13.2. The number of carbonyl (C=O) groups is 2. The van der Waals surface area contributed by atoms with Crippen LogP contribution in [0.5, 0.6) is 0 Å². The third kappa shape index (κ3) is 4.01. The van der Waals surface area contributed by atoms with Crippen molar-refractivity contribution < 1.29 is 14.7 Å². The summed E-state index contributed by atoms with van der Waals surface area (Å²) in [6.45, 7) is 2.47. The molecular weight excluding hydrogens is 324 g/mol. The highest BCUT2D eigenvalue weighted by Gasteiger charge is 2.36. The van der Waals surface area contributed by atoms with Crippen molar-refractivity contribution >= 4 is 23.2 Å². The van der Waals surface area contributed by atoms with E-state index in [1.54, 1.807) is 16.2 Å². The Balaban J connectivity index is 1.73. The molecule has 1 N–H and O–H groups in total. The molecule has 1 unspecified atom stereocenters. The zero-order chi connectivity index (χ0) is 16.9. The molecule has 2 heterocycles. The molecule has 2 aromatic rings. The van der Waals surface area contributed by atoms with E-state index in [4.69, 9.17) is 0 Å². The number of thiophene rings is 1. The highest BCUT2D eigenvalue weighted by Crippen LogP contribution is 2.21. The number of carboxylic acid groups (broad SMARTS) is 1. The standard InChI is InChI=1S/C18H20N2O3S/c21-17(22)11-16-18(23)20(12-14-5-2-1-3-6-14)9-8-19(16)13-15-7-4-10-24-15/h1-7,10,16H,8-9,11-13H2,(H,21,22). The van der Waals surface area contributed by atoms with Gasteiger partial charge in [0.2, 0.25) is 5.91 Å². The monoisotopic (exact) mass is 344 g/mol. The van der Waals surface area contributed by atoms with Crippen LogP contribution < -0.4 is 0 Å². The van der Waals surface area contributed by atoms with Crippen LogP contribution in [-0.2, 0) is 22.7 Å². The zero-order valence-electron chi connectivity index (χ0n) is 13.3. The maximum Gasteiger partial charge on any atom is 0.305 e. The minimum atomic E-state index is -0.939. The van der Waals surface area contributed by atoms with Crippen molar-refractivity contribution in [2.45, 2.75) is 25.6 Å². The number of piperazine rings is 1. The molecule has 0 radical (unpaired) electrons.